The summed E-state index contributed by atoms with van der Waals surface area (Å²) < 4.78 is 62.9. The Balaban J connectivity index is 3.68. The van der Waals surface area contributed by atoms with Crippen molar-refractivity contribution in [1.82, 2.24) is 0 Å². The van der Waals surface area contributed by atoms with Crippen LogP contribution in [0.25, 0.3) is 0 Å². The molecule has 0 aliphatic carbocycles. The molecule has 0 aromatic heterocycles. The van der Waals surface area contributed by atoms with E-state index < -0.39 is 47.9 Å². The molecule has 0 radical (unpaired) electrons. The SMILES string of the molecule is COC(=O)c1cc(C(=O)OC)cc(S(=O)(=O)C(CN)S(=O)(=O)O)c1. The first-order valence-corrected chi connectivity index (χ1v) is 9.26. The first kappa shape index (κ1) is 20.0. The Morgan fingerprint density at radius 2 is 1.46 bits per heavy atom. The third-order valence-electron chi connectivity index (χ3n) is 2.95. The van der Waals surface area contributed by atoms with Crippen LogP contribution in [-0.2, 0) is 29.4 Å². The van der Waals surface area contributed by atoms with Crippen molar-refractivity contribution >= 4 is 31.9 Å². The van der Waals surface area contributed by atoms with Crippen molar-refractivity contribution in [2.45, 2.75) is 9.48 Å². The molecule has 134 valence electrons. The molecule has 10 nitrogen and oxygen atoms in total. The van der Waals surface area contributed by atoms with Crippen LogP contribution in [0.1, 0.15) is 20.7 Å². The summed E-state index contributed by atoms with van der Waals surface area (Å²) in [7, 11) is -7.70. The van der Waals surface area contributed by atoms with E-state index in [1.165, 1.54) is 0 Å². The second kappa shape index (κ2) is 7.25. The monoisotopic (exact) mass is 381 g/mol. The maximum absolute atomic E-state index is 12.4. The minimum Gasteiger partial charge on any atom is -0.465 e. The predicted octanol–water partition coefficient (Wildman–Crippen LogP) is -0.794. The van der Waals surface area contributed by atoms with Gasteiger partial charge in [0.2, 0.25) is 4.58 Å². The van der Waals surface area contributed by atoms with Crippen LogP contribution in [-0.4, -0.2) is 58.7 Å². The normalized spacial score (nSPS) is 13.2. The number of sulfone groups is 1. The number of carbonyl (C=O) groups excluding carboxylic acids is 2. The van der Waals surface area contributed by atoms with Crippen molar-refractivity contribution in [2.24, 2.45) is 5.73 Å². The molecule has 3 N–H and O–H groups in total. The third kappa shape index (κ3) is 4.08. The van der Waals surface area contributed by atoms with Crippen molar-refractivity contribution < 1.29 is 40.5 Å². The van der Waals surface area contributed by atoms with E-state index in [1.807, 2.05) is 0 Å². The van der Waals surface area contributed by atoms with E-state index in [4.69, 9.17) is 10.3 Å². The van der Waals surface area contributed by atoms with Crippen LogP contribution in [0, 0.1) is 0 Å². The Morgan fingerprint density at radius 3 is 1.75 bits per heavy atom. The van der Waals surface area contributed by atoms with Crippen molar-refractivity contribution in [1.29, 1.82) is 0 Å². The van der Waals surface area contributed by atoms with Gasteiger partial charge in [0.1, 0.15) is 0 Å². The van der Waals surface area contributed by atoms with Crippen LogP contribution in [0.3, 0.4) is 0 Å². The van der Waals surface area contributed by atoms with Gasteiger partial charge < -0.3 is 15.2 Å². The lowest BCUT2D eigenvalue weighted by molar-refractivity contribution is 0.0598. The first-order chi connectivity index (χ1) is 11.0. The smallest absolute Gasteiger partial charge is 0.337 e. The minimum absolute atomic E-state index is 0.329. The molecule has 1 aromatic carbocycles. The molecule has 0 saturated heterocycles. The summed E-state index contributed by atoms with van der Waals surface area (Å²) in [6.07, 6.45) is 0. The Bertz CT molecular complexity index is 824. The van der Waals surface area contributed by atoms with Gasteiger partial charge >= 0.3 is 11.9 Å². The van der Waals surface area contributed by atoms with E-state index in [1.54, 1.807) is 0 Å². The number of hydrogen-bond acceptors (Lipinski definition) is 9. The van der Waals surface area contributed by atoms with Gasteiger partial charge in [-0.25, -0.2) is 18.0 Å². The summed E-state index contributed by atoms with van der Waals surface area (Å²) in [6.45, 7) is -0.933. The van der Waals surface area contributed by atoms with E-state index in [0.717, 1.165) is 32.4 Å². The lowest BCUT2D eigenvalue weighted by atomic mass is 10.1. The van der Waals surface area contributed by atoms with Crippen LogP contribution in [0.15, 0.2) is 23.1 Å². The van der Waals surface area contributed by atoms with Crippen molar-refractivity contribution in [3.05, 3.63) is 29.3 Å². The quantitative estimate of drug-likeness (QED) is 0.470. The number of esters is 2. The van der Waals surface area contributed by atoms with Crippen LogP contribution >= 0.6 is 0 Å². The average molecular weight is 381 g/mol. The highest BCUT2D eigenvalue weighted by molar-refractivity contribution is 8.06. The molecule has 0 bridgehead atoms. The van der Waals surface area contributed by atoms with Gasteiger partial charge in [-0.2, -0.15) is 8.42 Å². The molecule has 0 spiro atoms. The third-order valence-corrected chi connectivity index (χ3v) is 7.07. The topological polar surface area (TPSA) is 167 Å². The zero-order valence-electron chi connectivity index (χ0n) is 12.6. The Kier molecular flexibility index (Phi) is 6.05. The molecule has 1 unspecified atom stereocenters. The van der Waals surface area contributed by atoms with Gasteiger partial charge in [0.05, 0.1) is 30.2 Å². The standard InChI is InChI=1S/C12H15NO9S2/c1-21-11(14)7-3-8(12(15)22-2)5-9(4-7)23(16,17)10(6-13)24(18,19)20/h3-5,10H,6,13H2,1-2H3,(H,18,19,20). The van der Waals surface area contributed by atoms with Crippen LogP contribution < -0.4 is 5.73 Å². The molecule has 12 heteroatoms. The second-order valence-electron chi connectivity index (χ2n) is 4.45. The number of benzene rings is 1. The van der Waals surface area contributed by atoms with Crippen LogP contribution in [0.5, 0.6) is 0 Å². The molecule has 1 atom stereocenters. The Morgan fingerprint density at radius 1 is 1.04 bits per heavy atom. The fraction of sp³-hybridized carbons (Fsp3) is 0.333. The molecule has 0 aliphatic rings. The minimum atomic E-state index is -5.04. The van der Waals surface area contributed by atoms with Gasteiger partial charge in [0.15, 0.2) is 9.84 Å². The zero-order valence-corrected chi connectivity index (χ0v) is 14.3. The molecule has 0 aliphatic heterocycles. The van der Waals surface area contributed by atoms with Crippen LogP contribution in [0.2, 0.25) is 0 Å². The van der Waals surface area contributed by atoms with E-state index in [2.05, 4.69) is 9.47 Å². The van der Waals surface area contributed by atoms with Crippen molar-refractivity contribution in [3.63, 3.8) is 0 Å². The predicted molar refractivity (Wildman–Crippen MR) is 80.7 cm³/mol. The van der Waals surface area contributed by atoms with Crippen molar-refractivity contribution in [2.75, 3.05) is 20.8 Å². The average Bonchev–Trinajstić information content (AvgIpc) is 2.51. The number of ether oxygens (including phenoxy) is 2. The lowest BCUT2D eigenvalue weighted by Crippen LogP contribution is -2.37. The molecule has 0 amide bonds. The highest BCUT2D eigenvalue weighted by atomic mass is 32.3. The molecule has 0 heterocycles. The van der Waals surface area contributed by atoms with E-state index in [-0.39, 0.29) is 11.1 Å². The molecule has 1 aromatic rings. The molecule has 24 heavy (non-hydrogen) atoms. The number of hydrogen-bond donors (Lipinski definition) is 2. The number of methoxy groups -OCH3 is 2. The first-order valence-electron chi connectivity index (χ1n) is 6.21. The molecular formula is C12H15NO9S2. The molecule has 1 rings (SSSR count). The van der Waals surface area contributed by atoms with Gasteiger partial charge in [-0.1, -0.05) is 0 Å². The van der Waals surface area contributed by atoms with Gasteiger partial charge in [0.25, 0.3) is 10.1 Å². The van der Waals surface area contributed by atoms with Gasteiger partial charge in [0, 0.05) is 6.54 Å². The lowest BCUT2D eigenvalue weighted by Gasteiger charge is -2.14. The summed E-state index contributed by atoms with van der Waals surface area (Å²) in [4.78, 5) is 22.6. The highest BCUT2D eigenvalue weighted by Crippen LogP contribution is 2.23. The van der Waals surface area contributed by atoms with Gasteiger partial charge in [-0.3, -0.25) is 4.55 Å². The highest BCUT2D eigenvalue weighted by Gasteiger charge is 2.37. The molecule has 0 saturated carbocycles. The summed E-state index contributed by atoms with van der Waals surface area (Å²) in [6, 6.07) is 2.63. The van der Waals surface area contributed by atoms with Gasteiger partial charge in [-0.05, 0) is 18.2 Å². The number of carbonyl (C=O) groups is 2. The summed E-state index contributed by atoms with van der Waals surface area (Å²) >= 11 is 0. The zero-order chi connectivity index (χ0) is 18.7. The van der Waals surface area contributed by atoms with Crippen molar-refractivity contribution in [3.8, 4) is 0 Å². The molecular weight excluding hydrogens is 366 g/mol. The van der Waals surface area contributed by atoms with E-state index in [0.29, 0.717) is 0 Å². The summed E-state index contributed by atoms with van der Waals surface area (Å²) in [5.74, 6) is -1.93. The fourth-order valence-electron chi connectivity index (χ4n) is 1.79. The summed E-state index contributed by atoms with van der Waals surface area (Å²) in [5.41, 5.74) is 4.47. The number of rotatable bonds is 6. The maximum Gasteiger partial charge on any atom is 0.337 e. The molecule has 0 fully saturated rings. The fourth-order valence-corrected chi connectivity index (χ4v) is 4.79. The Labute approximate surface area is 138 Å². The van der Waals surface area contributed by atoms with E-state index >= 15 is 0 Å². The number of nitrogens with two attached hydrogens (primary N) is 1. The van der Waals surface area contributed by atoms with Gasteiger partial charge in [-0.15, -0.1) is 0 Å². The summed E-state index contributed by atoms with van der Waals surface area (Å²) in [5, 5.41) is 0. The second-order valence-corrected chi connectivity index (χ2v) is 8.48. The Hall–Kier alpha value is -2.02. The largest absolute Gasteiger partial charge is 0.465 e. The van der Waals surface area contributed by atoms with Crippen LogP contribution in [0.4, 0.5) is 0 Å². The maximum atomic E-state index is 12.4. The van der Waals surface area contributed by atoms with E-state index in [9.17, 15) is 26.4 Å².